The number of thioether (sulfide) groups is 1. The number of nitrogens with zero attached hydrogens (tertiary/aromatic N) is 1. The summed E-state index contributed by atoms with van der Waals surface area (Å²) in [5.41, 5.74) is 4.27. The zero-order chi connectivity index (χ0) is 23.3. The van der Waals surface area contributed by atoms with Crippen molar-refractivity contribution in [2.24, 2.45) is 0 Å². The Bertz CT molecular complexity index is 1230. The second-order valence-electron chi connectivity index (χ2n) is 8.64. The van der Waals surface area contributed by atoms with Gasteiger partial charge in [-0.1, -0.05) is 84.9 Å². The van der Waals surface area contributed by atoms with Gasteiger partial charge in [0.2, 0.25) is 5.91 Å². The first-order valence-corrected chi connectivity index (χ1v) is 12.6. The highest BCUT2D eigenvalue weighted by molar-refractivity contribution is 8.00. The third-order valence-electron chi connectivity index (χ3n) is 6.27. The largest absolute Gasteiger partial charge is 0.378 e. The molecule has 34 heavy (non-hydrogen) atoms. The fourth-order valence-corrected chi connectivity index (χ4v) is 5.77. The lowest BCUT2D eigenvalue weighted by molar-refractivity contribution is -0.118. The number of carbonyl (C=O) groups is 1. The van der Waals surface area contributed by atoms with Crippen LogP contribution in [0.3, 0.4) is 0 Å². The number of rotatable bonds is 6. The van der Waals surface area contributed by atoms with Crippen LogP contribution in [-0.4, -0.2) is 11.9 Å². The van der Waals surface area contributed by atoms with Crippen LogP contribution in [0.25, 0.3) is 0 Å². The van der Waals surface area contributed by atoms with E-state index in [0.29, 0.717) is 0 Å². The van der Waals surface area contributed by atoms with Gasteiger partial charge in [0.25, 0.3) is 0 Å². The Morgan fingerprint density at radius 3 is 2.12 bits per heavy atom. The molecule has 170 valence electrons. The maximum absolute atomic E-state index is 14.2. The van der Waals surface area contributed by atoms with E-state index in [-0.39, 0.29) is 23.2 Å². The lowest BCUT2D eigenvalue weighted by Gasteiger charge is -2.41. The van der Waals surface area contributed by atoms with Gasteiger partial charge in [0.05, 0.1) is 6.04 Å². The molecule has 0 fully saturated rings. The number of carbonyl (C=O) groups excluding carboxylic acids is 1. The Morgan fingerprint density at radius 2 is 1.41 bits per heavy atom. The summed E-state index contributed by atoms with van der Waals surface area (Å²) in [6, 6.07) is 39.1. The molecule has 1 heterocycles. The van der Waals surface area contributed by atoms with Gasteiger partial charge >= 0.3 is 0 Å². The summed E-state index contributed by atoms with van der Waals surface area (Å²) < 4.78 is 0. The topological polar surface area (TPSA) is 32.3 Å². The average molecular weight is 465 g/mol. The van der Waals surface area contributed by atoms with Crippen molar-refractivity contribution < 1.29 is 4.79 Å². The molecule has 4 aromatic rings. The van der Waals surface area contributed by atoms with E-state index in [1.54, 1.807) is 11.8 Å². The molecule has 1 aliphatic heterocycles. The van der Waals surface area contributed by atoms with E-state index in [9.17, 15) is 4.79 Å². The zero-order valence-corrected chi connectivity index (χ0v) is 20.0. The number of benzene rings is 4. The molecule has 1 amide bonds. The molecule has 1 aliphatic rings. The van der Waals surface area contributed by atoms with Gasteiger partial charge in [0.1, 0.15) is 5.25 Å². The summed E-state index contributed by atoms with van der Waals surface area (Å²) in [5, 5.41) is 3.36. The van der Waals surface area contributed by atoms with E-state index in [4.69, 9.17) is 0 Å². The molecule has 0 bridgehead atoms. The Balaban J connectivity index is 1.50. The molecule has 1 N–H and O–H groups in total. The Kier molecular flexibility index (Phi) is 6.68. The van der Waals surface area contributed by atoms with E-state index in [1.165, 1.54) is 0 Å². The van der Waals surface area contributed by atoms with Crippen LogP contribution in [0, 0.1) is 0 Å². The maximum atomic E-state index is 14.2. The predicted octanol–water partition coefficient (Wildman–Crippen LogP) is 7.50. The smallest absolute Gasteiger partial charge is 0.245 e. The molecule has 5 rings (SSSR count). The highest BCUT2D eigenvalue weighted by Crippen LogP contribution is 2.43. The molecule has 0 spiro atoms. The Labute approximate surface area is 205 Å². The summed E-state index contributed by atoms with van der Waals surface area (Å²) in [4.78, 5) is 17.3. The van der Waals surface area contributed by atoms with E-state index in [0.717, 1.165) is 33.8 Å². The van der Waals surface area contributed by atoms with Crippen LogP contribution in [0.4, 0.5) is 11.4 Å². The van der Waals surface area contributed by atoms with Crippen molar-refractivity contribution in [1.29, 1.82) is 0 Å². The minimum absolute atomic E-state index is 0.0613. The number of para-hydroxylation sites is 2. The minimum atomic E-state index is -0.322. The first-order chi connectivity index (χ1) is 16.7. The van der Waals surface area contributed by atoms with Crippen LogP contribution < -0.4 is 10.2 Å². The summed E-state index contributed by atoms with van der Waals surface area (Å²) in [6.07, 6.45) is 0.842. The van der Waals surface area contributed by atoms with Crippen molar-refractivity contribution in [3.63, 3.8) is 0 Å². The van der Waals surface area contributed by atoms with Gasteiger partial charge in [-0.15, -0.1) is 11.8 Å². The highest BCUT2D eigenvalue weighted by atomic mass is 32.2. The molecule has 0 aliphatic carbocycles. The quantitative estimate of drug-likeness (QED) is 0.300. The molecular weight excluding hydrogens is 436 g/mol. The zero-order valence-electron chi connectivity index (χ0n) is 19.2. The van der Waals surface area contributed by atoms with Crippen molar-refractivity contribution in [2.45, 2.75) is 35.6 Å². The summed E-state index contributed by atoms with van der Waals surface area (Å²) >= 11 is 1.62. The van der Waals surface area contributed by atoms with Crippen molar-refractivity contribution in [3.05, 3.63) is 126 Å². The third-order valence-corrected chi connectivity index (χ3v) is 7.52. The highest BCUT2D eigenvalue weighted by Gasteiger charge is 2.37. The van der Waals surface area contributed by atoms with E-state index in [1.807, 2.05) is 65.6 Å². The standard InChI is InChI=1S/C30H28N2OS/c1-22-21-27(31-24-15-7-3-8-16-24)26-19-11-12-20-28(26)32(22)30(33)29(23-13-5-2-6-14-23)34-25-17-9-4-10-18-25/h2-20,22,27,29,31H,21H2,1H3. The molecule has 0 aromatic heterocycles. The maximum Gasteiger partial charge on any atom is 0.245 e. The van der Waals surface area contributed by atoms with E-state index < -0.39 is 0 Å². The van der Waals surface area contributed by atoms with Crippen molar-refractivity contribution in [3.8, 4) is 0 Å². The van der Waals surface area contributed by atoms with Crippen LogP contribution in [0.1, 0.15) is 35.8 Å². The van der Waals surface area contributed by atoms with Gasteiger partial charge in [-0.3, -0.25) is 4.79 Å². The van der Waals surface area contributed by atoms with Crippen LogP contribution in [0.2, 0.25) is 0 Å². The molecular formula is C30H28N2OS. The number of amides is 1. The normalized spacial score (nSPS) is 18.1. The first-order valence-electron chi connectivity index (χ1n) is 11.7. The molecule has 3 nitrogen and oxygen atoms in total. The van der Waals surface area contributed by atoms with Crippen molar-refractivity contribution in [1.82, 2.24) is 0 Å². The minimum Gasteiger partial charge on any atom is -0.378 e. The van der Waals surface area contributed by atoms with E-state index in [2.05, 4.69) is 66.8 Å². The van der Waals surface area contributed by atoms with Crippen LogP contribution in [0.5, 0.6) is 0 Å². The van der Waals surface area contributed by atoms with Crippen molar-refractivity contribution >= 4 is 29.0 Å². The second-order valence-corrected chi connectivity index (χ2v) is 9.81. The average Bonchev–Trinajstić information content (AvgIpc) is 2.89. The van der Waals surface area contributed by atoms with Gasteiger partial charge < -0.3 is 10.2 Å². The lowest BCUT2D eigenvalue weighted by atomic mass is 9.90. The van der Waals surface area contributed by atoms with Crippen LogP contribution >= 0.6 is 11.8 Å². The molecule has 3 atom stereocenters. The number of nitrogens with one attached hydrogen (secondary N) is 1. The molecule has 3 unspecified atom stereocenters. The predicted molar refractivity (Wildman–Crippen MR) is 142 cm³/mol. The van der Waals surface area contributed by atoms with Gasteiger partial charge in [-0.25, -0.2) is 0 Å². The fraction of sp³-hybridized carbons (Fsp3) is 0.167. The fourth-order valence-electron chi connectivity index (χ4n) is 4.67. The first kappa shape index (κ1) is 22.3. The Hall–Kier alpha value is -3.50. The SMILES string of the molecule is CC1CC(Nc2ccccc2)c2ccccc2N1C(=O)C(Sc1ccccc1)c1ccccc1. The van der Waals surface area contributed by atoms with Gasteiger partial charge in [0.15, 0.2) is 0 Å². The monoisotopic (exact) mass is 464 g/mol. The van der Waals surface area contributed by atoms with Gasteiger partial charge in [-0.05, 0) is 54.8 Å². The number of fused-ring (bicyclic) bond motifs is 1. The molecule has 0 saturated heterocycles. The number of hydrogen-bond donors (Lipinski definition) is 1. The van der Waals surface area contributed by atoms with Crippen molar-refractivity contribution in [2.75, 3.05) is 10.2 Å². The molecule has 4 heteroatoms. The van der Waals surface area contributed by atoms with Gasteiger partial charge in [-0.2, -0.15) is 0 Å². The molecule has 4 aromatic carbocycles. The summed E-state index contributed by atoms with van der Waals surface area (Å²) in [5.74, 6) is 0.123. The van der Waals surface area contributed by atoms with Crippen LogP contribution in [0.15, 0.2) is 120 Å². The van der Waals surface area contributed by atoms with Crippen LogP contribution in [-0.2, 0) is 4.79 Å². The second kappa shape index (κ2) is 10.2. The van der Waals surface area contributed by atoms with E-state index >= 15 is 0 Å². The summed E-state index contributed by atoms with van der Waals surface area (Å²) in [7, 11) is 0. The lowest BCUT2D eigenvalue weighted by Crippen LogP contribution is -2.46. The molecule has 0 radical (unpaired) electrons. The van der Waals surface area contributed by atoms with Gasteiger partial charge in [0, 0.05) is 22.3 Å². The number of anilines is 2. The number of hydrogen-bond acceptors (Lipinski definition) is 3. The summed E-state index contributed by atoms with van der Waals surface area (Å²) in [6.45, 7) is 2.16. The Morgan fingerprint density at radius 1 is 0.824 bits per heavy atom. The third kappa shape index (κ3) is 4.73. The molecule has 0 saturated carbocycles.